The van der Waals surface area contributed by atoms with Crippen LogP contribution in [0.1, 0.15) is 44.6 Å². The molecule has 1 aliphatic heterocycles. The Kier molecular flexibility index (Phi) is 7.86. The van der Waals surface area contributed by atoms with Crippen LogP contribution in [0.5, 0.6) is 0 Å². The molecule has 1 saturated heterocycles. The average Bonchev–Trinajstić information content (AvgIpc) is 3.23. The Bertz CT molecular complexity index is 1490. The maximum absolute atomic E-state index is 14.8. The van der Waals surface area contributed by atoms with Crippen LogP contribution in [-0.4, -0.2) is 63.5 Å². The molecule has 2 aromatic heterocycles. The summed E-state index contributed by atoms with van der Waals surface area (Å²) in [5.41, 5.74) is 6.55. The van der Waals surface area contributed by atoms with Crippen molar-refractivity contribution < 1.29 is 17.6 Å². The molecule has 0 spiro atoms. The third-order valence-electron chi connectivity index (χ3n) is 7.33. The second-order valence-corrected chi connectivity index (χ2v) is 12.9. The van der Waals surface area contributed by atoms with E-state index in [2.05, 4.69) is 20.6 Å². The molecule has 0 bridgehead atoms. The van der Waals surface area contributed by atoms with Gasteiger partial charge in [0.2, 0.25) is 27.8 Å². The number of hydrogen-bond donors (Lipinski definition) is 3. The normalized spacial score (nSPS) is 22.6. The highest BCUT2D eigenvalue weighted by atomic mass is 35.5. The summed E-state index contributed by atoms with van der Waals surface area (Å²) < 4.78 is 42.2. The summed E-state index contributed by atoms with van der Waals surface area (Å²) in [5.74, 6) is -0.502. The minimum absolute atomic E-state index is 0.0258. The summed E-state index contributed by atoms with van der Waals surface area (Å²) in [5, 5.41) is 6.54. The minimum atomic E-state index is -3.31. The number of nitrogens with two attached hydrogens (primary N) is 1. The molecule has 3 aromatic rings. The van der Waals surface area contributed by atoms with Gasteiger partial charge in [-0.3, -0.25) is 9.36 Å². The highest BCUT2D eigenvalue weighted by Gasteiger charge is 2.30. The summed E-state index contributed by atoms with van der Waals surface area (Å²) in [6.07, 6.45) is 6.75. The van der Waals surface area contributed by atoms with Crippen LogP contribution in [0.2, 0.25) is 10.0 Å². The number of rotatable bonds is 7. The first kappa shape index (κ1) is 27.8. The van der Waals surface area contributed by atoms with Crippen LogP contribution < -0.4 is 16.4 Å². The quantitative estimate of drug-likeness (QED) is 0.368. The first-order valence-corrected chi connectivity index (χ1v) is 15.3. The van der Waals surface area contributed by atoms with Crippen molar-refractivity contribution in [3.63, 3.8) is 0 Å². The van der Waals surface area contributed by atoms with Gasteiger partial charge < -0.3 is 16.4 Å². The van der Waals surface area contributed by atoms with Crippen LogP contribution in [0.15, 0.2) is 18.3 Å². The number of halogens is 3. The Balaban J connectivity index is 1.50. The van der Waals surface area contributed by atoms with Gasteiger partial charge in [-0.1, -0.05) is 23.2 Å². The van der Waals surface area contributed by atoms with E-state index in [9.17, 15) is 17.6 Å². The van der Waals surface area contributed by atoms with Crippen molar-refractivity contribution in [2.45, 2.75) is 50.6 Å². The predicted molar refractivity (Wildman–Crippen MR) is 148 cm³/mol. The number of anilines is 3. The SMILES string of the molecule is CS(=O)(=O)N1CCC[C@@H](Nc2ncc3nc(Nc4c(F)cc(Cl)cc4Cl)n([C@H]4CC[C@@H](C(N)=O)CC4)c3n2)C1. The maximum atomic E-state index is 14.8. The Morgan fingerprint density at radius 2 is 1.90 bits per heavy atom. The largest absolute Gasteiger partial charge is 0.369 e. The van der Waals surface area contributed by atoms with Crippen molar-refractivity contribution in [3.05, 3.63) is 34.2 Å². The zero-order valence-corrected chi connectivity index (χ0v) is 23.5. The van der Waals surface area contributed by atoms with Crippen molar-refractivity contribution in [1.29, 1.82) is 0 Å². The fourth-order valence-corrected chi connectivity index (χ4v) is 6.76. The van der Waals surface area contributed by atoms with Crippen LogP contribution in [0.3, 0.4) is 0 Å². The molecule has 2 aliphatic rings. The fraction of sp³-hybridized carbons (Fsp3) is 0.500. The molecule has 3 heterocycles. The molecule has 5 rings (SSSR count). The van der Waals surface area contributed by atoms with E-state index >= 15 is 0 Å². The predicted octanol–water partition coefficient (Wildman–Crippen LogP) is 4.07. The van der Waals surface area contributed by atoms with Crippen LogP contribution in [0, 0.1) is 11.7 Å². The molecule has 4 N–H and O–H groups in total. The highest BCUT2D eigenvalue weighted by molar-refractivity contribution is 7.88. The molecule has 1 atom stereocenters. The number of carbonyl (C=O) groups is 1. The van der Waals surface area contributed by atoms with E-state index in [1.54, 1.807) is 6.20 Å². The van der Waals surface area contributed by atoms with E-state index in [0.29, 0.717) is 61.8 Å². The molecule has 1 saturated carbocycles. The van der Waals surface area contributed by atoms with E-state index in [1.807, 2.05) is 4.57 Å². The Hall–Kier alpha value is -2.74. The number of aromatic nitrogens is 4. The smallest absolute Gasteiger partial charge is 0.225 e. The van der Waals surface area contributed by atoms with Gasteiger partial charge in [0.25, 0.3) is 0 Å². The molecule has 0 radical (unpaired) electrons. The van der Waals surface area contributed by atoms with E-state index in [4.69, 9.17) is 33.9 Å². The molecule has 1 aliphatic carbocycles. The van der Waals surface area contributed by atoms with Gasteiger partial charge >= 0.3 is 0 Å². The molecule has 39 heavy (non-hydrogen) atoms. The van der Waals surface area contributed by atoms with Gasteiger partial charge in [-0.25, -0.2) is 27.1 Å². The van der Waals surface area contributed by atoms with Crippen LogP contribution in [0.4, 0.5) is 22.0 Å². The van der Waals surface area contributed by atoms with E-state index < -0.39 is 15.8 Å². The number of hydrogen-bond acceptors (Lipinski definition) is 8. The number of nitrogens with zero attached hydrogens (tertiary/aromatic N) is 5. The van der Waals surface area contributed by atoms with Crippen LogP contribution in [0.25, 0.3) is 11.2 Å². The number of carbonyl (C=O) groups excluding carboxylic acids is 1. The van der Waals surface area contributed by atoms with E-state index in [1.165, 1.54) is 16.6 Å². The highest BCUT2D eigenvalue weighted by Crippen LogP contribution is 2.38. The standard InChI is InChI=1S/C24H29Cl2FN8O3S/c1-39(37,38)34-8-2-3-15(12-34)30-23-29-11-19-22(33-23)35(16-6-4-13(5-7-16)21(28)36)24(31-19)32-20-17(26)9-14(25)10-18(20)27/h9-11,13,15-16H,2-8,12H2,1H3,(H2,28,36)(H,31,32)(H,29,30,33)/t13-,15-,16+/m1/s1. The second-order valence-electron chi connectivity index (χ2n) is 10.1. The average molecular weight is 600 g/mol. The summed E-state index contributed by atoms with van der Waals surface area (Å²) in [6, 6.07) is 2.34. The van der Waals surface area contributed by atoms with Gasteiger partial charge in [0.1, 0.15) is 11.3 Å². The van der Waals surface area contributed by atoms with Gasteiger partial charge in [0, 0.05) is 36.1 Å². The third-order valence-corrected chi connectivity index (χ3v) is 9.11. The minimum Gasteiger partial charge on any atom is -0.369 e. The zero-order chi connectivity index (χ0) is 27.9. The number of fused-ring (bicyclic) bond motifs is 1. The number of primary amides is 1. The molecular formula is C24H29Cl2FN8O3S. The number of piperidine rings is 1. The zero-order valence-electron chi connectivity index (χ0n) is 21.2. The molecule has 1 amide bonds. The molecule has 2 fully saturated rings. The van der Waals surface area contributed by atoms with Crippen molar-refractivity contribution in [3.8, 4) is 0 Å². The number of nitrogens with one attached hydrogen (secondary N) is 2. The summed E-state index contributed by atoms with van der Waals surface area (Å²) in [6.45, 7) is 0.800. The second kappa shape index (κ2) is 11.0. The summed E-state index contributed by atoms with van der Waals surface area (Å²) >= 11 is 12.2. The fourth-order valence-electron chi connectivity index (χ4n) is 5.33. The Morgan fingerprint density at radius 1 is 1.15 bits per heavy atom. The maximum Gasteiger partial charge on any atom is 0.225 e. The lowest BCUT2D eigenvalue weighted by atomic mass is 9.85. The lowest BCUT2D eigenvalue weighted by molar-refractivity contribution is -0.122. The van der Waals surface area contributed by atoms with Gasteiger partial charge in [-0.05, 0) is 50.7 Å². The summed E-state index contributed by atoms with van der Waals surface area (Å²) in [4.78, 5) is 25.5. The molecule has 210 valence electrons. The van der Waals surface area contributed by atoms with Crippen LogP contribution >= 0.6 is 23.2 Å². The number of sulfonamides is 1. The van der Waals surface area contributed by atoms with Crippen LogP contribution in [-0.2, 0) is 14.8 Å². The third kappa shape index (κ3) is 6.06. The molecular weight excluding hydrogens is 570 g/mol. The number of amides is 1. The van der Waals surface area contributed by atoms with Crippen molar-refractivity contribution in [2.75, 3.05) is 30.0 Å². The van der Waals surface area contributed by atoms with Gasteiger partial charge in [0.15, 0.2) is 5.65 Å². The van der Waals surface area contributed by atoms with Gasteiger partial charge in [-0.2, -0.15) is 4.98 Å². The molecule has 1 aromatic carbocycles. The first-order valence-electron chi connectivity index (χ1n) is 12.7. The van der Waals surface area contributed by atoms with E-state index in [-0.39, 0.29) is 39.6 Å². The van der Waals surface area contributed by atoms with E-state index in [0.717, 1.165) is 18.9 Å². The van der Waals surface area contributed by atoms with Gasteiger partial charge in [-0.15, -0.1) is 0 Å². The molecule has 11 nitrogen and oxygen atoms in total. The summed E-state index contributed by atoms with van der Waals surface area (Å²) in [7, 11) is -3.31. The van der Waals surface area contributed by atoms with Crippen molar-refractivity contribution >= 4 is 67.9 Å². The molecule has 15 heteroatoms. The Labute approximate surface area is 235 Å². The lowest BCUT2D eigenvalue weighted by Gasteiger charge is -2.31. The lowest BCUT2D eigenvalue weighted by Crippen LogP contribution is -2.44. The number of benzene rings is 1. The Morgan fingerprint density at radius 3 is 2.56 bits per heavy atom. The van der Waals surface area contributed by atoms with Gasteiger partial charge in [0.05, 0.1) is 23.2 Å². The molecule has 0 unspecified atom stereocenters. The monoisotopic (exact) mass is 598 g/mol. The topological polar surface area (TPSA) is 148 Å². The number of imidazole rings is 1. The van der Waals surface area contributed by atoms with Crippen molar-refractivity contribution in [2.24, 2.45) is 11.7 Å². The van der Waals surface area contributed by atoms with Crippen molar-refractivity contribution in [1.82, 2.24) is 23.8 Å². The first-order chi connectivity index (χ1) is 18.5.